The van der Waals surface area contributed by atoms with Gasteiger partial charge in [0.1, 0.15) is 16.8 Å². The van der Waals surface area contributed by atoms with Crippen molar-refractivity contribution in [1.82, 2.24) is 14.7 Å². The lowest BCUT2D eigenvalue weighted by Gasteiger charge is -2.14. The van der Waals surface area contributed by atoms with Crippen LogP contribution >= 0.6 is 0 Å². The van der Waals surface area contributed by atoms with E-state index >= 15 is 0 Å². The van der Waals surface area contributed by atoms with E-state index in [-0.39, 0.29) is 11.9 Å². The molecule has 4 aromatic rings. The molecule has 35 heavy (non-hydrogen) atoms. The summed E-state index contributed by atoms with van der Waals surface area (Å²) >= 11 is 0. The minimum Gasteiger partial charge on any atom is -0.338 e. The van der Waals surface area contributed by atoms with Gasteiger partial charge < -0.3 is 4.98 Å². The summed E-state index contributed by atoms with van der Waals surface area (Å²) < 4.78 is 93.8. The van der Waals surface area contributed by atoms with E-state index in [0.717, 1.165) is 23.3 Å². The van der Waals surface area contributed by atoms with Gasteiger partial charge in [0.05, 0.1) is 27.1 Å². The Bertz CT molecular complexity index is 1440. The number of fused-ring (bicyclic) bond motifs is 1. The summed E-state index contributed by atoms with van der Waals surface area (Å²) in [5.74, 6) is 0.220. The Labute approximate surface area is 198 Å². The molecule has 0 amide bonds. The van der Waals surface area contributed by atoms with Crippen LogP contribution in [0.2, 0.25) is 0 Å². The highest BCUT2D eigenvalue weighted by Gasteiger charge is 2.37. The second-order valence-electron chi connectivity index (χ2n) is 7.45. The average molecular weight is 509 g/mol. The normalized spacial score (nSPS) is 13.6. The summed E-state index contributed by atoms with van der Waals surface area (Å²) in [6, 6.07) is 13.8. The Balaban J connectivity index is 1.70. The molecule has 0 aliphatic carbocycles. The Kier molecular flexibility index (Phi) is 6.56. The van der Waals surface area contributed by atoms with E-state index in [0.29, 0.717) is 22.0 Å². The second-order valence-corrected chi connectivity index (χ2v) is 8.84. The van der Waals surface area contributed by atoms with Crippen molar-refractivity contribution in [2.24, 2.45) is 0 Å². The summed E-state index contributed by atoms with van der Waals surface area (Å²) in [6.45, 7) is 0. The Hall–Kier alpha value is -3.44. The molecule has 0 spiro atoms. The van der Waals surface area contributed by atoms with Gasteiger partial charge in [-0.05, 0) is 60.1 Å². The van der Waals surface area contributed by atoms with Gasteiger partial charge in [-0.25, -0.2) is 13.9 Å². The minimum atomic E-state index is -4.97. The lowest BCUT2D eigenvalue weighted by atomic mass is 10.0. The van der Waals surface area contributed by atoms with Gasteiger partial charge >= 0.3 is 12.4 Å². The van der Waals surface area contributed by atoms with Crippen LogP contribution in [0.3, 0.4) is 0 Å². The first-order chi connectivity index (χ1) is 16.5. The average Bonchev–Trinajstić information content (AvgIpc) is 3.23. The number of benzene rings is 3. The number of imidazole rings is 1. The third-order valence-corrected chi connectivity index (χ3v) is 6.32. The number of hydrogen-bond acceptors (Lipinski definition) is 2. The van der Waals surface area contributed by atoms with E-state index < -0.39 is 40.0 Å². The molecule has 0 fully saturated rings. The maximum atomic E-state index is 13.4. The smallest absolute Gasteiger partial charge is 0.338 e. The lowest BCUT2D eigenvalue weighted by Crippen LogP contribution is -2.12. The summed E-state index contributed by atoms with van der Waals surface area (Å²) in [6.07, 6.45) is -7.53. The number of aromatic nitrogens is 2. The molecule has 11 heteroatoms. The molecule has 0 radical (unpaired) electrons. The van der Waals surface area contributed by atoms with E-state index in [2.05, 4.69) is 14.7 Å². The number of alkyl halides is 6. The Morgan fingerprint density at radius 2 is 1.66 bits per heavy atom. The van der Waals surface area contributed by atoms with Crippen LogP contribution in [-0.4, -0.2) is 21.2 Å². The highest BCUT2D eigenvalue weighted by molar-refractivity contribution is 7.83. The number of aromatic amines is 1. The van der Waals surface area contributed by atoms with Crippen LogP contribution in [0.5, 0.6) is 0 Å². The van der Waals surface area contributed by atoms with Crippen molar-refractivity contribution in [2.45, 2.75) is 17.2 Å². The van der Waals surface area contributed by atoms with Crippen LogP contribution in [0.1, 0.15) is 22.5 Å². The van der Waals surface area contributed by atoms with Crippen molar-refractivity contribution in [3.63, 3.8) is 0 Å². The zero-order chi connectivity index (χ0) is 25.4. The zero-order valence-electron chi connectivity index (χ0n) is 18.0. The quantitative estimate of drug-likeness (QED) is 0.295. The van der Waals surface area contributed by atoms with Gasteiger partial charge in [0.2, 0.25) is 0 Å². The third kappa shape index (κ3) is 5.30. The molecule has 1 unspecified atom stereocenters. The molecule has 0 saturated carbocycles. The van der Waals surface area contributed by atoms with Crippen molar-refractivity contribution in [2.75, 3.05) is 7.05 Å². The molecule has 1 heterocycles. The lowest BCUT2D eigenvalue weighted by molar-refractivity contribution is -0.143. The highest BCUT2D eigenvalue weighted by Crippen LogP contribution is 2.38. The number of H-pyrrole nitrogens is 1. The molecule has 4 nitrogen and oxygen atoms in total. The molecule has 2 N–H and O–H groups in total. The molecule has 0 saturated heterocycles. The molecular weight excluding hydrogens is 492 g/mol. The van der Waals surface area contributed by atoms with E-state index in [1.807, 2.05) is 6.07 Å². The van der Waals surface area contributed by atoms with Crippen LogP contribution in [0.25, 0.3) is 34.3 Å². The number of nitrogens with one attached hydrogen (secondary N) is 2. The molecule has 0 aliphatic heterocycles. The number of hydrogen-bond donors (Lipinski definition) is 2. The van der Waals surface area contributed by atoms with Crippen molar-refractivity contribution in [3.05, 3.63) is 83.2 Å². The predicted octanol–water partition coefficient (Wildman–Crippen LogP) is 6.68. The van der Waals surface area contributed by atoms with Gasteiger partial charge in [0.15, 0.2) is 0 Å². The van der Waals surface area contributed by atoms with Crippen molar-refractivity contribution >= 4 is 34.2 Å². The maximum Gasteiger partial charge on any atom is 0.417 e. The Morgan fingerprint density at radius 1 is 0.914 bits per heavy atom. The van der Waals surface area contributed by atoms with Crippen molar-refractivity contribution in [3.8, 4) is 11.1 Å². The van der Waals surface area contributed by atoms with Crippen molar-refractivity contribution in [1.29, 1.82) is 0 Å². The van der Waals surface area contributed by atoms with Crippen LogP contribution in [0.15, 0.2) is 65.6 Å². The first kappa shape index (κ1) is 24.7. The van der Waals surface area contributed by atoms with Gasteiger partial charge in [0, 0.05) is 0 Å². The molecule has 4 rings (SSSR count). The summed E-state index contributed by atoms with van der Waals surface area (Å²) in [5, 5.41) is 0. The standard InChI is InChI=1S/C24H17F6N3OS/c1-31-35(34)21-5-3-2-4-17(21)15-7-10-19-20(12-15)33-22(32-19)11-8-14-6-9-16(23(25,26)27)13-18(14)24(28,29)30/h2-13,31H,1H3,(H,32,33)/b11-8+. The van der Waals surface area contributed by atoms with Crippen molar-refractivity contribution < 1.29 is 30.6 Å². The van der Waals surface area contributed by atoms with Crippen LogP contribution < -0.4 is 4.72 Å². The highest BCUT2D eigenvalue weighted by atomic mass is 32.2. The van der Waals surface area contributed by atoms with Gasteiger partial charge in [-0.15, -0.1) is 0 Å². The van der Waals surface area contributed by atoms with Gasteiger partial charge in [-0.1, -0.05) is 36.4 Å². The molecule has 182 valence electrons. The van der Waals surface area contributed by atoms with Gasteiger partial charge in [-0.2, -0.15) is 26.3 Å². The second kappa shape index (κ2) is 9.31. The molecule has 1 aromatic heterocycles. The number of nitrogens with zero attached hydrogens (tertiary/aromatic N) is 1. The first-order valence-electron chi connectivity index (χ1n) is 10.1. The third-order valence-electron chi connectivity index (χ3n) is 5.19. The Morgan fingerprint density at radius 3 is 2.34 bits per heavy atom. The van der Waals surface area contributed by atoms with Crippen LogP contribution in [-0.2, 0) is 23.3 Å². The molecule has 3 aromatic carbocycles. The van der Waals surface area contributed by atoms with Crippen LogP contribution in [0, 0.1) is 0 Å². The first-order valence-corrected chi connectivity index (χ1v) is 11.3. The fraction of sp³-hybridized carbons (Fsp3) is 0.125. The largest absolute Gasteiger partial charge is 0.417 e. The predicted molar refractivity (Wildman–Crippen MR) is 122 cm³/mol. The molecule has 1 atom stereocenters. The van der Waals surface area contributed by atoms with E-state index in [1.165, 1.54) is 6.08 Å². The molecule has 0 bridgehead atoms. The molecular formula is C24H17F6N3OS. The SMILES string of the molecule is CNS(=O)c1ccccc1-c1ccc2nc(/C=C/c3ccc(C(F)(F)F)cc3C(F)(F)F)[nH]c2c1. The van der Waals surface area contributed by atoms with E-state index in [9.17, 15) is 30.6 Å². The number of rotatable bonds is 5. The minimum absolute atomic E-state index is 0.0944. The fourth-order valence-electron chi connectivity index (χ4n) is 3.54. The monoisotopic (exact) mass is 509 g/mol. The van der Waals surface area contributed by atoms with Crippen LogP contribution in [0.4, 0.5) is 26.3 Å². The topological polar surface area (TPSA) is 57.8 Å². The molecule has 0 aliphatic rings. The number of halogens is 6. The van der Waals surface area contributed by atoms with E-state index in [1.54, 1.807) is 43.4 Å². The van der Waals surface area contributed by atoms with Gasteiger partial charge in [-0.3, -0.25) is 0 Å². The summed E-state index contributed by atoms with van der Waals surface area (Å²) in [4.78, 5) is 7.87. The van der Waals surface area contributed by atoms with Gasteiger partial charge in [0.25, 0.3) is 0 Å². The fourth-order valence-corrected chi connectivity index (χ4v) is 4.35. The summed E-state index contributed by atoms with van der Waals surface area (Å²) in [7, 11) is 0.152. The summed E-state index contributed by atoms with van der Waals surface area (Å²) in [5.41, 5.74) is -0.602. The van der Waals surface area contributed by atoms with E-state index in [4.69, 9.17) is 0 Å². The maximum absolute atomic E-state index is 13.4. The zero-order valence-corrected chi connectivity index (χ0v) is 18.8.